The molecule has 7 heteroatoms. The molecule has 1 atom stereocenters. The Morgan fingerprint density at radius 3 is 2.14 bits per heavy atom. The van der Waals surface area contributed by atoms with E-state index in [4.69, 9.17) is 5.11 Å². The van der Waals surface area contributed by atoms with Gasteiger partial charge in [0.15, 0.2) is 5.37 Å². The molecule has 0 aliphatic carbocycles. The summed E-state index contributed by atoms with van der Waals surface area (Å²) in [5.74, 6) is 0. The van der Waals surface area contributed by atoms with E-state index in [0.29, 0.717) is 5.56 Å². The lowest BCUT2D eigenvalue weighted by molar-refractivity contribution is 0.193. The Morgan fingerprint density at radius 2 is 1.62 bits per heavy atom. The first kappa shape index (κ1) is 15.5. The van der Waals surface area contributed by atoms with Crippen molar-refractivity contribution in [3.8, 4) is 0 Å². The van der Waals surface area contributed by atoms with Gasteiger partial charge in [0.1, 0.15) is 0 Å². The summed E-state index contributed by atoms with van der Waals surface area (Å²) in [6.07, 6.45) is -1.40. The first-order valence-corrected chi connectivity index (χ1v) is 8.29. The van der Waals surface area contributed by atoms with Crippen molar-refractivity contribution in [1.29, 1.82) is 0 Å². The van der Waals surface area contributed by atoms with Crippen LogP contribution in [-0.2, 0) is 9.84 Å². The zero-order valence-corrected chi connectivity index (χ0v) is 13.1. The van der Waals surface area contributed by atoms with Crippen molar-refractivity contribution in [2.45, 2.75) is 10.3 Å². The van der Waals surface area contributed by atoms with Gasteiger partial charge in [0.2, 0.25) is 9.84 Å². The van der Waals surface area contributed by atoms with Gasteiger partial charge in [0, 0.05) is 4.47 Å². The van der Waals surface area contributed by atoms with Crippen molar-refractivity contribution in [1.82, 2.24) is 5.32 Å². The minimum absolute atomic E-state index is 0.0617. The fraction of sp³-hybridized carbons (Fsp3) is 0.0714. The van der Waals surface area contributed by atoms with E-state index in [2.05, 4.69) is 21.2 Å². The standard InChI is InChI=1S/C14H12BrNO4S/c15-11-8-6-10(7-9-11)13(16-14(17)18)21(19,20)12-4-2-1-3-5-12/h1-9,13,16H,(H,17,18). The number of carbonyl (C=O) groups is 1. The highest BCUT2D eigenvalue weighted by molar-refractivity contribution is 9.10. The van der Waals surface area contributed by atoms with Gasteiger partial charge in [-0.05, 0) is 29.8 Å². The minimum atomic E-state index is -3.87. The van der Waals surface area contributed by atoms with Crippen molar-refractivity contribution in [3.63, 3.8) is 0 Å². The molecule has 0 fully saturated rings. The van der Waals surface area contributed by atoms with Gasteiger partial charge in [0.05, 0.1) is 4.90 Å². The Balaban J connectivity index is 2.50. The molecule has 0 saturated carbocycles. The Labute approximate surface area is 130 Å². The minimum Gasteiger partial charge on any atom is -0.465 e. The highest BCUT2D eigenvalue weighted by Gasteiger charge is 2.30. The van der Waals surface area contributed by atoms with Gasteiger partial charge in [-0.3, -0.25) is 0 Å². The fourth-order valence-electron chi connectivity index (χ4n) is 1.84. The maximum absolute atomic E-state index is 12.6. The second kappa shape index (κ2) is 6.28. The van der Waals surface area contributed by atoms with Crippen molar-refractivity contribution in [3.05, 3.63) is 64.6 Å². The van der Waals surface area contributed by atoms with Crippen molar-refractivity contribution in [2.75, 3.05) is 0 Å². The van der Waals surface area contributed by atoms with Crippen LogP contribution in [0, 0.1) is 0 Å². The Bertz CT molecular complexity index is 729. The van der Waals surface area contributed by atoms with E-state index in [9.17, 15) is 13.2 Å². The lowest BCUT2D eigenvalue weighted by Gasteiger charge is -2.18. The predicted molar refractivity (Wildman–Crippen MR) is 81.7 cm³/mol. The van der Waals surface area contributed by atoms with Crippen LogP contribution < -0.4 is 5.32 Å². The van der Waals surface area contributed by atoms with Crippen LogP contribution in [-0.4, -0.2) is 19.6 Å². The monoisotopic (exact) mass is 369 g/mol. The summed E-state index contributed by atoms with van der Waals surface area (Å²) in [5.41, 5.74) is 0.351. The summed E-state index contributed by atoms with van der Waals surface area (Å²) in [4.78, 5) is 11.0. The Hall–Kier alpha value is -1.86. The van der Waals surface area contributed by atoms with Gasteiger partial charge >= 0.3 is 6.09 Å². The van der Waals surface area contributed by atoms with Crippen molar-refractivity contribution < 1.29 is 18.3 Å². The quantitative estimate of drug-likeness (QED) is 0.866. The molecule has 1 amide bonds. The second-order valence-electron chi connectivity index (χ2n) is 4.24. The van der Waals surface area contributed by atoms with Crippen molar-refractivity contribution >= 4 is 31.9 Å². The number of carboxylic acid groups (broad SMARTS) is 1. The zero-order valence-electron chi connectivity index (χ0n) is 10.7. The molecule has 2 N–H and O–H groups in total. The molecule has 110 valence electrons. The molecule has 2 aromatic rings. The van der Waals surface area contributed by atoms with Crippen LogP contribution >= 0.6 is 15.9 Å². The molecule has 0 heterocycles. The lowest BCUT2D eigenvalue weighted by atomic mass is 10.2. The number of rotatable bonds is 4. The number of halogens is 1. The number of benzene rings is 2. The van der Waals surface area contributed by atoms with Gasteiger partial charge in [-0.1, -0.05) is 46.3 Å². The van der Waals surface area contributed by atoms with E-state index < -0.39 is 21.3 Å². The third-order valence-electron chi connectivity index (χ3n) is 2.81. The SMILES string of the molecule is O=C(O)NC(c1ccc(Br)cc1)S(=O)(=O)c1ccccc1. The summed E-state index contributed by atoms with van der Waals surface area (Å²) < 4.78 is 26.0. The average molecular weight is 370 g/mol. The highest BCUT2D eigenvalue weighted by Crippen LogP contribution is 2.27. The smallest absolute Gasteiger partial charge is 0.405 e. The maximum atomic E-state index is 12.6. The number of amides is 1. The van der Waals surface area contributed by atoms with Crippen LogP contribution in [0.25, 0.3) is 0 Å². The van der Waals surface area contributed by atoms with Gasteiger partial charge in [0.25, 0.3) is 0 Å². The summed E-state index contributed by atoms with van der Waals surface area (Å²) in [6, 6.07) is 14.2. The number of nitrogens with one attached hydrogen (secondary N) is 1. The highest BCUT2D eigenvalue weighted by atomic mass is 79.9. The van der Waals surface area contributed by atoms with Crippen LogP contribution in [0.15, 0.2) is 64.0 Å². The van der Waals surface area contributed by atoms with Crippen LogP contribution in [0.2, 0.25) is 0 Å². The average Bonchev–Trinajstić information content (AvgIpc) is 2.46. The molecule has 5 nitrogen and oxygen atoms in total. The van der Waals surface area contributed by atoms with Gasteiger partial charge in [-0.2, -0.15) is 0 Å². The molecule has 1 unspecified atom stereocenters. The summed E-state index contributed by atoms with van der Waals surface area (Å²) in [7, 11) is -3.87. The molecule has 21 heavy (non-hydrogen) atoms. The van der Waals surface area contributed by atoms with Gasteiger partial charge in [-0.25, -0.2) is 13.2 Å². The molecule has 0 aliphatic heterocycles. The molecule has 2 rings (SSSR count). The van der Waals surface area contributed by atoms with Crippen LogP contribution in [0.5, 0.6) is 0 Å². The third-order valence-corrected chi connectivity index (χ3v) is 5.28. The second-order valence-corrected chi connectivity index (χ2v) is 7.19. The molecular formula is C14H12BrNO4S. The number of hydrogen-bond acceptors (Lipinski definition) is 3. The van der Waals surface area contributed by atoms with Crippen LogP contribution in [0.1, 0.15) is 10.9 Å². The molecule has 0 radical (unpaired) electrons. The van der Waals surface area contributed by atoms with E-state index >= 15 is 0 Å². The zero-order chi connectivity index (χ0) is 15.5. The van der Waals surface area contributed by atoms with E-state index in [1.165, 1.54) is 12.1 Å². The lowest BCUT2D eigenvalue weighted by Crippen LogP contribution is -2.32. The molecular weight excluding hydrogens is 358 g/mol. The van der Waals surface area contributed by atoms with E-state index in [1.807, 2.05) is 0 Å². The molecule has 0 spiro atoms. The third kappa shape index (κ3) is 3.62. The topological polar surface area (TPSA) is 83.5 Å². The van der Waals surface area contributed by atoms with Gasteiger partial charge in [-0.15, -0.1) is 0 Å². The predicted octanol–water partition coefficient (Wildman–Crippen LogP) is 3.19. The first-order chi connectivity index (χ1) is 9.91. The molecule has 0 aliphatic rings. The van der Waals surface area contributed by atoms with E-state index in [-0.39, 0.29) is 4.90 Å². The molecule has 0 aromatic heterocycles. The van der Waals surface area contributed by atoms with Crippen molar-refractivity contribution in [2.24, 2.45) is 0 Å². The Kier molecular flexibility index (Phi) is 4.64. The first-order valence-electron chi connectivity index (χ1n) is 5.95. The molecule has 0 bridgehead atoms. The summed E-state index contributed by atoms with van der Waals surface area (Å²) in [6.45, 7) is 0. The molecule has 0 saturated heterocycles. The van der Waals surface area contributed by atoms with E-state index in [1.54, 1.807) is 42.5 Å². The number of sulfone groups is 1. The van der Waals surface area contributed by atoms with Crippen LogP contribution in [0.4, 0.5) is 4.79 Å². The number of hydrogen-bond donors (Lipinski definition) is 2. The normalized spacial score (nSPS) is 12.6. The fourth-order valence-corrected chi connectivity index (χ4v) is 3.68. The van der Waals surface area contributed by atoms with Gasteiger partial charge < -0.3 is 10.4 Å². The largest absolute Gasteiger partial charge is 0.465 e. The van der Waals surface area contributed by atoms with E-state index in [0.717, 1.165) is 4.47 Å². The summed E-state index contributed by atoms with van der Waals surface area (Å²) in [5, 5.41) is 9.64. The Morgan fingerprint density at radius 1 is 1.05 bits per heavy atom. The van der Waals surface area contributed by atoms with Crippen LogP contribution in [0.3, 0.4) is 0 Å². The molecule has 2 aromatic carbocycles. The summed E-state index contributed by atoms with van der Waals surface area (Å²) >= 11 is 3.25. The maximum Gasteiger partial charge on any atom is 0.405 e.